The molecule has 5 nitrogen and oxygen atoms in total. The van der Waals surface area contributed by atoms with Crippen molar-refractivity contribution < 1.29 is 13.9 Å². The maximum atomic E-state index is 12.8. The summed E-state index contributed by atoms with van der Waals surface area (Å²) in [6.45, 7) is 3.83. The summed E-state index contributed by atoms with van der Waals surface area (Å²) in [6, 6.07) is 6.21. The number of morpholine rings is 1. The van der Waals surface area contributed by atoms with Crippen LogP contribution in [0.15, 0.2) is 24.3 Å². The molecule has 132 valence electrons. The average molecular weight is 368 g/mol. The van der Waals surface area contributed by atoms with E-state index >= 15 is 0 Å². The number of carbonyl (C=O) groups excluding carboxylic acids is 1. The molecule has 1 aliphatic heterocycles. The lowest BCUT2D eigenvalue weighted by Gasteiger charge is -2.23. The van der Waals surface area contributed by atoms with Gasteiger partial charge in [-0.15, -0.1) is 24.8 Å². The molecule has 2 N–H and O–H groups in total. The summed E-state index contributed by atoms with van der Waals surface area (Å²) in [5, 5.41) is 6.01. The van der Waals surface area contributed by atoms with E-state index in [9.17, 15) is 9.18 Å². The molecule has 1 unspecified atom stereocenters. The van der Waals surface area contributed by atoms with Gasteiger partial charge < -0.3 is 20.3 Å². The predicted molar refractivity (Wildman–Crippen MR) is 92.8 cm³/mol. The minimum Gasteiger partial charge on any atom is -0.378 e. The summed E-state index contributed by atoms with van der Waals surface area (Å²) < 4.78 is 18.1. The van der Waals surface area contributed by atoms with Crippen molar-refractivity contribution in [3.8, 4) is 0 Å². The summed E-state index contributed by atoms with van der Waals surface area (Å²) >= 11 is 0. The number of rotatable bonds is 6. The number of hydrogen-bond acceptors (Lipinski definition) is 4. The Kier molecular flexibility index (Phi) is 11.1. The van der Waals surface area contributed by atoms with Crippen LogP contribution in [0.5, 0.6) is 0 Å². The molecule has 0 bridgehead atoms. The zero-order valence-electron chi connectivity index (χ0n) is 13.1. The van der Waals surface area contributed by atoms with Crippen LogP contribution in [-0.4, -0.2) is 56.7 Å². The van der Waals surface area contributed by atoms with Crippen molar-refractivity contribution in [2.45, 2.75) is 12.6 Å². The van der Waals surface area contributed by atoms with Crippen molar-refractivity contribution in [1.29, 1.82) is 0 Å². The first-order valence-electron chi connectivity index (χ1n) is 7.17. The van der Waals surface area contributed by atoms with Gasteiger partial charge in [0.05, 0.1) is 13.2 Å². The third-order valence-electron chi connectivity index (χ3n) is 3.40. The molecule has 0 saturated carbocycles. The van der Waals surface area contributed by atoms with Crippen molar-refractivity contribution in [1.82, 2.24) is 15.5 Å². The van der Waals surface area contributed by atoms with Crippen LogP contribution in [0.2, 0.25) is 0 Å². The molecule has 1 aromatic carbocycles. The summed E-state index contributed by atoms with van der Waals surface area (Å²) in [5.41, 5.74) is 1.05. The zero-order valence-corrected chi connectivity index (χ0v) is 14.7. The maximum Gasteiger partial charge on any atom is 0.239 e. The molecular formula is C15H24Cl2FN3O2. The second-order valence-electron chi connectivity index (χ2n) is 5.24. The molecule has 1 aromatic rings. The first-order valence-corrected chi connectivity index (χ1v) is 7.17. The number of amides is 1. The molecule has 0 radical (unpaired) electrons. The van der Waals surface area contributed by atoms with Crippen LogP contribution in [0.4, 0.5) is 4.39 Å². The molecule has 0 aliphatic carbocycles. The molecule has 1 fully saturated rings. The van der Waals surface area contributed by atoms with Gasteiger partial charge >= 0.3 is 0 Å². The Morgan fingerprint density at radius 3 is 2.70 bits per heavy atom. The standard InChI is InChI=1S/C15H22FN3O2.2ClH/c1-19(10-12-2-4-13(16)5-3-12)8-6-18-15(20)14-11-21-9-7-17-14;;/h2-5,14,17H,6-11H2,1H3,(H,18,20);2*1H. The quantitative estimate of drug-likeness (QED) is 0.793. The molecule has 2 rings (SSSR count). The van der Waals surface area contributed by atoms with E-state index in [1.807, 2.05) is 7.05 Å². The van der Waals surface area contributed by atoms with E-state index in [2.05, 4.69) is 15.5 Å². The number of nitrogens with zero attached hydrogens (tertiary/aromatic N) is 1. The van der Waals surface area contributed by atoms with Crippen molar-refractivity contribution >= 4 is 30.7 Å². The van der Waals surface area contributed by atoms with Gasteiger partial charge in [-0.25, -0.2) is 4.39 Å². The Morgan fingerprint density at radius 2 is 2.09 bits per heavy atom. The fourth-order valence-corrected chi connectivity index (χ4v) is 2.21. The number of hydrogen-bond donors (Lipinski definition) is 2. The van der Waals surface area contributed by atoms with Gasteiger partial charge in [0.25, 0.3) is 0 Å². The van der Waals surface area contributed by atoms with E-state index in [0.29, 0.717) is 26.3 Å². The van der Waals surface area contributed by atoms with Crippen LogP contribution < -0.4 is 10.6 Å². The topological polar surface area (TPSA) is 53.6 Å². The number of likely N-dealkylation sites (N-methyl/N-ethyl adjacent to an activating group) is 1. The van der Waals surface area contributed by atoms with Crippen LogP contribution in [0.3, 0.4) is 0 Å². The lowest BCUT2D eigenvalue weighted by atomic mass is 10.2. The number of nitrogens with one attached hydrogen (secondary N) is 2. The number of halogens is 3. The van der Waals surface area contributed by atoms with Crippen molar-refractivity contribution in [3.05, 3.63) is 35.6 Å². The first-order chi connectivity index (χ1) is 10.1. The molecular weight excluding hydrogens is 344 g/mol. The molecule has 1 saturated heterocycles. The highest BCUT2D eigenvalue weighted by Gasteiger charge is 2.20. The smallest absolute Gasteiger partial charge is 0.239 e. The highest BCUT2D eigenvalue weighted by atomic mass is 35.5. The summed E-state index contributed by atoms with van der Waals surface area (Å²) in [7, 11) is 1.97. The third-order valence-corrected chi connectivity index (χ3v) is 3.40. The van der Waals surface area contributed by atoms with Gasteiger partial charge in [-0.1, -0.05) is 12.1 Å². The Bertz CT molecular complexity index is 457. The van der Waals surface area contributed by atoms with Crippen LogP contribution in [-0.2, 0) is 16.1 Å². The van der Waals surface area contributed by atoms with Gasteiger partial charge in [0.15, 0.2) is 0 Å². The van der Waals surface area contributed by atoms with Crippen molar-refractivity contribution in [2.75, 3.05) is 39.9 Å². The second-order valence-corrected chi connectivity index (χ2v) is 5.24. The van der Waals surface area contributed by atoms with Crippen molar-refractivity contribution in [3.63, 3.8) is 0 Å². The highest BCUT2D eigenvalue weighted by Crippen LogP contribution is 2.05. The van der Waals surface area contributed by atoms with E-state index < -0.39 is 0 Å². The monoisotopic (exact) mass is 367 g/mol. The predicted octanol–water partition coefficient (Wildman–Crippen LogP) is 1.21. The molecule has 1 atom stereocenters. The van der Waals surface area contributed by atoms with Crippen molar-refractivity contribution in [2.24, 2.45) is 0 Å². The Balaban J connectivity index is 0.00000242. The minimum atomic E-state index is -0.249. The van der Waals surface area contributed by atoms with Crippen LogP contribution in [0.25, 0.3) is 0 Å². The van der Waals surface area contributed by atoms with Gasteiger partial charge in [-0.05, 0) is 24.7 Å². The van der Waals surface area contributed by atoms with Gasteiger partial charge in [0.2, 0.25) is 5.91 Å². The third kappa shape index (κ3) is 7.94. The fraction of sp³-hybridized carbons (Fsp3) is 0.533. The van der Waals surface area contributed by atoms with E-state index in [1.54, 1.807) is 12.1 Å². The SMILES string of the molecule is CN(CCNC(=O)C1COCCN1)Cc1ccc(F)cc1.Cl.Cl. The molecule has 1 aliphatic rings. The summed E-state index contributed by atoms with van der Waals surface area (Å²) in [5.74, 6) is -0.249. The summed E-state index contributed by atoms with van der Waals surface area (Å²) in [4.78, 5) is 13.9. The van der Waals surface area contributed by atoms with Crippen LogP contribution in [0.1, 0.15) is 5.56 Å². The largest absolute Gasteiger partial charge is 0.378 e. The van der Waals surface area contributed by atoms with Gasteiger partial charge in [0, 0.05) is 26.2 Å². The van der Waals surface area contributed by atoms with Crippen LogP contribution in [0, 0.1) is 5.82 Å². The first kappa shape index (κ1) is 22.1. The normalized spacial score (nSPS) is 17.1. The second kappa shape index (κ2) is 11.6. The maximum absolute atomic E-state index is 12.8. The Morgan fingerprint density at radius 1 is 1.39 bits per heavy atom. The molecule has 23 heavy (non-hydrogen) atoms. The van der Waals surface area contributed by atoms with E-state index in [1.165, 1.54) is 12.1 Å². The molecule has 0 aromatic heterocycles. The fourth-order valence-electron chi connectivity index (χ4n) is 2.21. The lowest BCUT2D eigenvalue weighted by Crippen LogP contribution is -2.52. The van der Waals surface area contributed by atoms with E-state index in [0.717, 1.165) is 18.7 Å². The highest BCUT2D eigenvalue weighted by molar-refractivity contribution is 5.85. The molecule has 1 amide bonds. The Hall–Kier alpha value is -0.920. The molecule has 1 heterocycles. The minimum absolute atomic E-state index is 0. The van der Waals surface area contributed by atoms with Gasteiger partial charge in [-0.2, -0.15) is 0 Å². The molecule has 0 spiro atoms. The lowest BCUT2D eigenvalue weighted by molar-refractivity contribution is -0.125. The van der Waals surface area contributed by atoms with Gasteiger partial charge in [0.1, 0.15) is 11.9 Å². The summed E-state index contributed by atoms with van der Waals surface area (Å²) in [6.07, 6.45) is 0. The number of benzene rings is 1. The number of ether oxygens (including phenoxy) is 1. The van der Waals surface area contributed by atoms with Gasteiger partial charge in [-0.3, -0.25) is 4.79 Å². The zero-order chi connectivity index (χ0) is 15.1. The number of carbonyl (C=O) groups is 1. The Labute approximate surface area is 148 Å². The molecule has 8 heteroatoms. The van der Waals surface area contributed by atoms with Crippen LogP contribution >= 0.6 is 24.8 Å². The van der Waals surface area contributed by atoms with E-state index in [-0.39, 0.29) is 42.6 Å². The van der Waals surface area contributed by atoms with E-state index in [4.69, 9.17) is 4.74 Å². The average Bonchev–Trinajstić information content (AvgIpc) is 2.50.